The predicted octanol–water partition coefficient (Wildman–Crippen LogP) is 8.41. The van der Waals surface area contributed by atoms with Gasteiger partial charge in [-0.05, 0) is 44.4 Å². The minimum Gasteiger partial charge on any atom is -0.488 e. The van der Waals surface area contributed by atoms with E-state index < -0.39 is 0 Å². The highest BCUT2D eigenvalue weighted by atomic mass is 32.2. The van der Waals surface area contributed by atoms with E-state index in [9.17, 15) is 0 Å². The maximum absolute atomic E-state index is 6.56. The Kier molecular flexibility index (Phi) is 4.04. The standard InChI is InChI=1S/C28H18O2S2/c1-3-7-21-17(5-1)9-11-23-26(21)27-22-8-4-2-6-18(22)10-12-24(27)30-14-20-16-32-28-25(20)19(13-29-23)15-31-28/h1-12,15-16H,13-14H2. The topological polar surface area (TPSA) is 18.5 Å². The molecule has 2 nitrogen and oxygen atoms in total. The van der Waals surface area contributed by atoms with E-state index in [4.69, 9.17) is 9.47 Å². The summed E-state index contributed by atoms with van der Waals surface area (Å²) in [7, 11) is 0. The summed E-state index contributed by atoms with van der Waals surface area (Å²) in [5.74, 6) is 1.78. The first-order valence-electron chi connectivity index (χ1n) is 10.6. The molecule has 7 rings (SSSR count). The maximum Gasteiger partial charge on any atom is 0.128 e. The summed E-state index contributed by atoms with van der Waals surface area (Å²) >= 11 is 3.58. The van der Waals surface area contributed by atoms with Crippen molar-refractivity contribution in [3.63, 3.8) is 0 Å². The van der Waals surface area contributed by atoms with Crippen LogP contribution < -0.4 is 9.47 Å². The van der Waals surface area contributed by atoms with Crippen LogP contribution in [0.15, 0.2) is 83.6 Å². The quantitative estimate of drug-likeness (QED) is 0.231. The van der Waals surface area contributed by atoms with Gasteiger partial charge in [0.15, 0.2) is 0 Å². The molecule has 0 saturated heterocycles. The molecule has 1 aliphatic heterocycles. The summed E-state index contributed by atoms with van der Waals surface area (Å²) in [5, 5.41) is 10.5. The summed E-state index contributed by atoms with van der Waals surface area (Å²) in [6.45, 7) is 1.10. The van der Waals surface area contributed by atoms with Gasteiger partial charge in [-0.3, -0.25) is 0 Å². The van der Waals surface area contributed by atoms with E-state index in [1.54, 1.807) is 22.7 Å². The predicted molar refractivity (Wildman–Crippen MR) is 135 cm³/mol. The van der Waals surface area contributed by atoms with Crippen LogP contribution in [0.1, 0.15) is 11.1 Å². The van der Waals surface area contributed by atoms with Crippen molar-refractivity contribution in [1.29, 1.82) is 0 Å². The molecule has 0 fully saturated rings. The summed E-state index contributed by atoms with van der Waals surface area (Å²) in [6.07, 6.45) is 0. The molecular weight excluding hydrogens is 432 g/mol. The zero-order valence-corrected chi connectivity index (χ0v) is 18.8. The van der Waals surface area contributed by atoms with Gasteiger partial charge in [0, 0.05) is 27.6 Å². The zero-order chi connectivity index (χ0) is 21.1. The molecule has 2 aromatic heterocycles. The van der Waals surface area contributed by atoms with Crippen molar-refractivity contribution in [2.45, 2.75) is 13.2 Å². The number of thiophene rings is 2. The van der Waals surface area contributed by atoms with Crippen LogP contribution in [0.2, 0.25) is 0 Å². The van der Waals surface area contributed by atoms with Crippen molar-refractivity contribution >= 4 is 53.6 Å². The molecule has 0 spiro atoms. The average molecular weight is 451 g/mol. The Morgan fingerprint density at radius 2 is 1.06 bits per heavy atom. The molecule has 4 aromatic carbocycles. The van der Waals surface area contributed by atoms with Gasteiger partial charge in [-0.15, -0.1) is 22.7 Å². The summed E-state index contributed by atoms with van der Waals surface area (Å²) in [5.41, 5.74) is 4.68. The monoisotopic (exact) mass is 450 g/mol. The van der Waals surface area contributed by atoms with E-state index in [1.165, 1.54) is 42.1 Å². The molecule has 0 N–H and O–H groups in total. The van der Waals surface area contributed by atoms with Crippen LogP contribution in [-0.2, 0) is 13.2 Å². The molecule has 154 valence electrons. The minimum atomic E-state index is 0.551. The molecule has 0 saturated carbocycles. The second kappa shape index (κ2) is 7.09. The molecule has 3 heterocycles. The van der Waals surface area contributed by atoms with Crippen LogP contribution in [0.5, 0.6) is 11.5 Å². The van der Waals surface area contributed by atoms with Crippen molar-refractivity contribution < 1.29 is 9.47 Å². The first-order valence-corrected chi connectivity index (χ1v) is 12.4. The number of benzene rings is 4. The van der Waals surface area contributed by atoms with E-state index in [0.29, 0.717) is 13.2 Å². The normalized spacial score (nSPS) is 13.2. The average Bonchev–Trinajstić information content (AvgIpc) is 3.42. The molecular formula is C28H18O2S2. The van der Waals surface area contributed by atoms with Crippen molar-refractivity contribution in [2.75, 3.05) is 0 Å². The van der Waals surface area contributed by atoms with E-state index in [2.05, 4.69) is 83.6 Å². The Balaban J connectivity index is 1.58. The SMILES string of the molecule is c1ccc2c3c(ccc2c1)OCc1csc2scc(c12)COc1ccc2ccccc2c1-3. The molecule has 1 aliphatic rings. The Hall–Kier alpha value is -3.34. The molecule has 0 bridgehead atoms. The van der Waals surface area contributed by atoms with Crippen molar-refractivity contribution in [2.24, 2.45) is 0 Å². The second-order valence-electron chi connectivity index (χ2n) is 8.08. The first-order chi connectivity index (χ1) is 15.9. The van der Waals surface area contributed by atoms with E-state index in [-0.39, 0.29) is 0 Å². The van der Waals surface area contributed by atoms with Gasteiger partial charge in [0.2, 0.25) is 0 Å². The molecule has 4 heteroatoms. The van der Waals surface area contributed by atoms with Gasteiger partial charge >= 0.3 is 0 Å². The van der Waals surface area contributed by atoms with Crippen LogP contribution in [-0.4, -0.2) is 0 Å². The lowest BCUT2D eigenvalue weighted by molar-refractivity contribution is 0.309. The molecule has 6 aromatic rings. The number of fused-ring (bicyclic) bond motifs is 7. The van der Waals surface area contributed by atoms with Crippen LogP contribution in [0.25, 0.3) is 42.1 Å². The molecule has 0 amide bonds. The van der Waals surface area contributed by atoms with Crippen LogP contribution in [0.4, 0.5) is 0 Å². The highest BCUT2D eigenvalue weighted by Crippen LogP contribution is 2.47. The Morgan fingerprint density at radius 3 is 1.59 bits per heavy atom. The summed E-state index contributed by atoms with van der Waals surface area (Å²) in [6, 6.07) is 25.6. The maximum atomic E-state index is 6.56. The number of hydrogen-bond acceptors (Lipinski definition) is 4. The fourth-order valence-corrected chi connectivity index (χ4v) is 6.91. The van der Waals surface area contributed by atoms with E-state index >= 15 is 0 Å². The Bertz CT molecular complexity index is 1520. The molecule has 0 radical (unpaired) electrons. The Morgan fingerprint density at radius 1 is 0.562 bits per heavy atom. The van der Waals surface area contributed by atoms with Crippen LogP contribution >= 0.6 is 22.7 Å². The molecule has 0 atom stereocenters. The number of ether oxygens (including phenoxy) is 2. The lowest BCUT2D eigenvalue weighted by Gasteiger charge is -2.19. The highest BCUT2D eigenvalue weighted by molar-refractivity contribution is 7.37. The van der Waals surface area contributed by atoms with E-state index in [1.807, 2.05) is 0 Å². The van der Waals surface area contributed by atoms with Gasteiger partial charge < -0.3 is 9.47 Å². The van der Waals surface area contributed by atoms with Gasteiger partial charge in [-0.25, -0.2) is 0 Å². The van der Waals surface area contributed by atoms with Gasteiger partial charge in [0.05, 0.1) is 4.01 Å². The van der Waals surface area contributed by atoms with Gasteiger partial charge in [0.25, 0.3) is 0 Å². The zero-order valence-electron chi connectivity index (χ0n) is 17.1. The Labute approximate surface area is 193 Å². The van der Waals surface area contributed by atoms with Gasteiger partial charge in [-0.1, -0.05) is 60.7 Å². The second-order valence-corrected chi connectivity index (χ2v) is 10.1. The molecule has 0 unspecified atom stereocenters. The van der Waals surface area contributed by atoms with Crippen molar-refractivity contribution in [1.82, 2.24) is 0 Å². The summed E-state index contributed by atoms with van der Waals surface area (Å²) < 4.78 is 14.5. The fraction of sp³-hybridized carbons (Fsp3) is 0.0714. The lowest BCUT2D eigenvalue weighted by Crippen LogP contribution is -1.98. The minimum absolute atomic E-state index is 0.551. The first kappa shape index (κ1) is 18.3. The van der Waals surface area contributed by atoms with Crippen LogP contribution in [0.3, 0.4) is 0 Å². The van der Waals surface area contributed by atoms with Gasteiger partial charge in [0.1, 0.15) is 24.7 Å². The highest BCUT2D eigenvalue weighted by Gasteiger charge is 2.21. The fourth-order valence-electron chi connectivity index (χ4n) is 4.76. The van der Waals surface area contributed by atoms with E-state index in [0.717, 1.165) is 22.6 Å². The van der Waals surface area contributed by atoms with Crippen LogP contribution in [0, 0.1) is 0 Å². The van der Waals surface area contributed by atoms with Crippen molar-refractivity contribution in [3.05, 3.63) is 94.7 Å². The lowest BCUT2D eigenvalue weighted by atomic mass is 9.92. The number of hydrogen-bond donors (Lipinski definition) is 0. The van der Waals surface area contributed by atoms with Crippen molar-refractivity contribution in [3.8, 4) is 22.6 Å². The largest absolute Gasteiger partial charge is 0.488 e. The third-order valence-electron chi connectivity index (χ3n) is 6.26. The van der Waals surface area contributed by atoms with Gasteiger partial charge in [-0.2, -0.15) is 0 Å². The smallest absolute Gasteiger partial charge is 0.128 e. The summed E-state index contributed by atoms with van der Waals surface area (Å²) in [4.78, 5) is 0. The molecule has 0 aliphatic carbocycles. The third-order valence-corrected chi connectivity index (χ3v) is 8.48. The third kappa shape index (κ3) is 2.70. The molecule has 32 heavy (non-hydrogen) atoms. The number of rotatable bonds is 0.